The van der Waals surface area contributed by atoms with Gasteiger partial charge in [-0.1, -0.05) is 68.5 Å². The van der Waals surface area contributed by atoms with Crippen LogP contribution in [0.3, 0.4) is 0 Å². The smallest absolute Gasteiger partial charge is 0.201 e. The highest BCUT2D eigenvalue weighted by atomic mass is 17.2. The summed E-state index contributed by atoms with van der Waals surface area (Å²) in [5.74, 6) is 0.205. The van der Waals surface area contributed by atoms with E-state index in [1.165, 1.54) is 5.56 Å². The highest BCUT2D eigenvalue weighted by molar-refractivity contribution is 5.48. The Morgan fingerprint density at radius 1 is 1.04 bits per heavy atom. The molecule has 0 unspecified atom stereocenters. The van der Waals surface area contributed by atoms with Crippen molar-refractivity contribution in [3.05, 3.63) is 54.1 Å². The SMILES string of the molecule is COCCO[C@]1(C)C[C@](C)(C[C@@H](C)/C=C/C[C@H](C)/C=C/c2ccccc2)OO1. The first-order chi connectivity index (χ1) is 13.3. The Bertz CT molecular complexity index is 627. The molecule has 0 aromatic heterocycles. The molecule has 1 aromatic rings. The quantitative estimate of drug-likeness (QED) is 0.273. The monoisotopic (exact) mass is 388 g/mol. The normalized spacial score (nSPS) is 27.6. The van der Waals surface area contributed by atoms with E-state index in [1.54, 1.807) is 7.11 Å². The van der Waals surface area contributed by atoms with E-state index >= 15 is 0 Å². The van der Waals surface area contributed by atoms with Crippen molar-refractivity contribution in [2.45, 2.75) is 58.3 Å². The van der Waals surface area contributed by atoms with E-state index in [1.807, 2.05) is 13.0 Å². The summed E-state index contributed by atoms with van der Waals surface area (Å²) < 4.78 is 10.8. The summed E-state index contributed by atoms with van der Waals surface area (Å²) in [6.07, 6.45) is 11.6. The second-order valence-corrected chi connectivity index (χ2v) is 8.36. The molecule has 4 atom stereocenters. The van der Waals surface area contributed by atoms with Crippen LogP contribution in [0.15, 0.2) is 48.6 Å². The second-order valence-electron chi connectivity index (χ2n) is 8.36. The molecule has 4 nitrogen and oxygen atoms in total. The molecule has 0 spiro atoms. The Morgan fingerprint density at radius 2 is 1.79 bits per heavy atom. The first-order valence-electron chi connectivity index (χ1n) is 10.2. The summed E-state index contributed by atoms with van der Waals surface area (Å²) in [4.78, 5) is 11.2. The van der Waals surface area contributed by atoms with Crippen LogP contribution in [0.5, 0.6) is 0 Å². The van der Waals surface area contributed by atoms with Crippen molar-refractivity contribution in [1.82, 2.24) is 0 Å². The van der Waals surface area contributed by atoms with Gasteiger partial charge in [-0.15, -0.1) is 0 Å². The number of rotatable bonds is 11. The maximum Gasteiger partial charge on any atom is 0.201 e. The van der Waals surface area contributed by atoms with Gasteiger partial charge in [-0.25, -0.2) is 9.78 Å². The van der Waals surface area contributed by atoms with Crippen LogP contribution in [-0.2, 0) is 19.2 Å². The molecule has 0 N–H and O–H groups in total. The largest absolute Gasteiger partial charge is 0.382 e. The third kappa shape index (κ3) is 7.88. The predicted molar refractivity (Wildman–Crippen MR) is 114 cm³/mol. The summed E-state index contributed by atoms with van der Waals surface area (Å²) in [5.41, 5.74) is 0.901. The van der Waals surface area contributed by atoms with E-state index in [0.29, 0.717) is 31.5 Å². The van der Waals surface area contributed by atoms with Gasteiger partial charge in [0.2, 0.25) is 5.79 Å². The minimum atomic E-state index is -0.701. The lowest BCUT2D eigenvalue weighted by Gasteiger charge is -2.24. The zero-order valence-corrected chi connectivity index (χ0v) is 18.0. The second kappa shape index (κ2) is 10.9. The van der Waals surface area contributed by atoms with Gasteiger partial charge in [0.15, 0.2) is 0 Å². The van der Waals surface area contributed by atoms with Crippen molar-refractivity contribution in [3.63, 3.8) is 0 Å². The van der Waals surface area contributed by atoms with Crippen molar-refractivity contribution in [3.8, 4) is 0 Å². The lowest BCUT2D eigenvalue weighted by Crippen LogP contribution is -2.32. The Morgan fingerprint density at radius 3 is 2.50 bits per heavy atom. The van der Waals surface area contributed by atoms with Gasteiger partial charge in [-0.2, -0.15) is 0 Å². The van der Waals surface area contributed by atoms with Gasteiger partial charge in [0, 0.05) is 13.5 Å². The van der Waals surface area contributed by atoms with Crippen molar-refractivity contribution in [1.29, 1.82) is 0 Å². The van der Waals surface area contributed by atoms with Crippen LogP contribution in [0.25, 0.3) is 6.08 Å². The highest BCUT2D eigenvalue weighted by Crippen LogP contribution is 2.40. The Balaban J connectivity index is 1.75. The molecule has 0 amide bonds. The summed E-state index contributed by atoms with van der Waals surface area (Å²) in [6, 6.07) is 10.4. The molecule has 0 bridgehead atoms. The third-order valence-corrected chi connectivity index (χ3v) is 4.95. The van der Waals surface area contributed by atoms with Gasteiger partial charge < -0.3 is 9.47 Å². The van der Waals surface area contributed by atoms with Crippen LogP contribution in [0.4, 0.5) is 0 Å². The molecule has 0 radical (unpaired) electrons. The number of ether oxygens (including phenoxy) is 2. The molecule has 1 heterocycles. The molecule has 1 aliphatic heterocycles. The van der Waals surface area contributed by atoms with Crippen molar-refractivity contribution in [2.24, 2.45) is 11.8 Å². The van der Waals surface area contributed by atoms with Crippen LogP contribution >= 0.6 is 0 Å². The zero-order valence-electron chi connectivity index (χ0n) is 18.0. The molecule has 1 saturated heterocycles. The number of hydrogen-bond acceptors (Lipinski definition) is 4. The van der Waals surface area contributed by atoms with E-state index in [4.69, 9.17) is 19.2 Å². The fourth-order valence-electron chi connectivity index (χ4n) is 3.64. The third-order valence-electron chi connectivity index (χ3n) is 4.95. The summed E-state index contributed by atoms with van der Waals surface area (Å²) in [6.45, 7) is 9.52. The van der Waals surface area contributed by atoms with E-state index in [2.05, 4.69) is 69.3 Å². The highest BCUT2D eigenvalue weighted by Gasteiger charge is 2.47. The van der Waals surface area contributed by atoms with E-state index in [0.717, 1.165) is 12.8 Å². The van der Waals surface area contributed by atoms with E-state index in [9.17, 15) is 0 Å². The van der Waals surface area contributed by atoms with Crippen LogP contribution in [0.2, 0.25) is 0 Å². The van der Waals surface area contributed by atoms with Crippen LogP contribution in [0, 0.1) is 11.8 Å². The van der Waals surface area contributed by atoms with Crippen LogP contribution < -0.4 is 0 Å². The average Bonchev–Trinajstić information content (AvgIpc) is 2.96. The minimum absolute atomic E-state index is 0.343. The van der Waals surface area contributed by atoms with Gasteiger partial charge in [0.25, 0.3) is 0 Å². The number of methoxy groups -OCH3 is 1. The Hall–Kier alpha value is -1.46. The molecule has 156 valence electrons. The van der Waals surface area contributed by atoms with Crippen molar-refractivity contribution >= 4 is 6.08 Å². The molecule has 0 aliphatic carbocycles. The molecule has 28 heavy (non-hydrogen) atoms. The lowest BCUT2D eigenvalue weighted by atomic mass is 9.87. The summed E-state index contributed by atoms with van der Waals surface area (Å²) >= 11 is 0. The molecule has 1 aliphatic rings. The van der Waals surface area contributed by atoms with Gasteiger partial charge in [-0.05, 0) is 44.1 Å². The summed E-state index contributed by atoms with van der Waals surface area (Å²) in [7, 11) is 1.66. The van der Waals surface area contributed by atoms with E-state index < -0.39 is 5.79 Å². The Labute approximate surface area is 170 Å². The van der Waals surface area contributed by atoms with Gasteiger partial charge in [0.05, 0.1) is 13.2 Å². The maximum absolute atomic E-state index is 5.79. The first kappa shape index (κ1) is 22.8. The Kier molecular flexibility index (Phi) is 8.90. The fourth-order valence-corrected chi connectivity index (χ4v) is 3.64. The fraction of sp³-hybridized carbons (Fsp3) is 0.583. The lowest BCUT2D eigenvalue weighted by molar-refractivity contribution is -0.397. The van der Waals surface area contributed by atoms with Crippen LogP contribution in [0.1, 0.15) is 52.5 Å². The maximum atomic E-state index is 5.79. The molecule has 1 fully saturated rings. The molecular weight excluding hydrogens is 352 g/mol. The number of benzene rings is 1. The van der Waals surface area contributed by atoms with Gasteiger partial charge in [0.1, 0.15) is 5.60 Å². The van der Waals surface area contributed by atoms with Gasteiger partial charge in [-0.3, -0.25) is 0 Å². The zero-order chi connectivity index (χ0) is 20.5. The predicted octanol–water partition coefficient (Wildman–Crippen LogP) is 5.80. The number of allylic oxidation sites excluding steroid dienone is 3. The molecule has 2 rings (SSSR count). The average molecular weight is 389 g/mol. The topological polar surface area (TPSA) is 36.9 Å². The van der Waals surface area contributed by atoms with Gasteiger partial charge >= 0.3 is 0 Å². The molecular formula is C24H36O4. The van der Waals surface area contributed by atoms with Crippen molar-refractivity contribution in [2.75, 3.05) is 20.3 Å². The molecule has 1 aromatic carbocycles. The number of hydrogen-bond donors (Lipinski definition) is 0. The molecule has 4 heteroatoms. The summed E-state index contributed by atoms with van der Waals surface area (Å²) in [5, 5.41) is 0. The molecule has 0 saturated carbocycles. The minimum Gasteiger partial charge on any atom is -0.382 e. The first-order valence-corrected chi connectivity index (χ1v) is 10.2. The standard InChI is InChI=1S/C24H36O4/c1-20(14-15-22-12-7-6-8-13-22)10-9-11-21(2)18-23(3)19-24(4,28-27-23)26-17-16-25-5/h6-9,11-15,20-21H,10,16-19H2,1-5H3/b11-9+,15-14+/t20-,21-,23-,24-/m0/s1. The van der Waals surface area contributed by atoms with Crippen LogP contribution in [-0.4, -0.2) is 31.7 Å². The van der Waals surface area contributed by atoms with Crippen molar-refractivity contribution < 1.29 is 19.2 Å². The van der Waals surface area contributed by atoms with E-state index in [-0.39, 0.29) is 5.60 Å².